The van der Waals surface area contributed by atoms with Gasteiger partial charge in [-0.05, 0) is 43.9 Å². The van der Waals surface area contributed by atoms with Gasteiger partial charge in [0.2, 0.25) is 0 Å². The van der Waals surface area contributed by atoms with Gasteiger partial charge in [-0.3, -0.25) is 0 Å². The van der Waals surface area contributed by atoms with E-state index in [9.17, 15) is 0 Å². The highest BCUT2D eigenvalue weighted by Gasteiger charge is 2.29. The number of nitrogens with one attached hydrogen (secondary N) is 1. The lowest BCUT2D eigenvalue weighted by molar-refractivity contribution is 0.149. The van der Waals surface area contributed by atoms with Crippen molar-refractivity contribution in [3.8, 4) is 0 Å². The summed E-state index contributed by atoms with van der Waals surface area (Å²) in [6.45, 7) is 9.35. The van der Waals surface area contributed by atoms with Crippen molar-refractivity contribution in [2.75, 3.05) is 6.61 Å². The van der Waals surface area contributed by atoms with E-state index in [0.717, 1.165) is 5.92 Å². The van der Waals surface area contributed by atoms with Crippen LogP contribution < -0.4 is 5.32 Å². The van der Waals surface area contributed by atoms with Crippen molar-refractivity contribution in [3.63, 3.8) is 0 Å². The van der Waals surface area contributed by atoms with Gasteiger partial charge in [-0.25, -0.2) is 0 Å². The molecule has 1 saturated carbocycles. The zero-order chi connectivity index (χ0) is 11.5. The molecule has 0 aromatic rings. The fourth-order valence-corrected chi connectivity index (χ4v) is 2.58. The van der Waals surface area contributed by atoms with Crippen LogP contribution in [0, 0.1) is 11.3 Å². The van der Waals surface area contributed by atoms with E-state index in [4.69, 9.17) is 5.11 Å². The van der Waals surface area contributed by atoms with E-state index in [0.29, 0.717) is 11.5 Å². The number of aliphatic hydroxyl groups excluding tert-OH is 1. The van der Waals surface area contributed by atoms with Crippen molar-refractivity contribution in [1.82, 2.24) is 5.32 Å². The average molecular weight is 213 g/mol. The average Bonchev–Trinajstić information content (AvgIpc) is 2.17. The van der Waals surface area contributed by atoms with Crippen molar-refractivity contribution in [2.45, 2.75) is 65.5 Å². The van der Waals surface area contributed by atoms with Gasteiger partial charge < -0.3 is 10.4 Å². The molecular formula is C13H27NO. The molecule has 1 rings (SSSR count). The smallest absolute Gasteiger partial charge is 0.0582 e. The Morgan fingerprint density at radius 1 is 1.20 bits per heavy atom. The fourth-order valence-electron chi connectivity index (χ4n) is 2.58. The fraction of sp³-hybridized carbons (Fsp3) is 1.00. The van der Waals surface area contributed by atoms with E-state index in [-0.39, 0.29) is 12.6 Å². The maximum Gasteiger partial charge on any atom is 0.0582 e. The molecule has 2 N–H and O–H groups in total. The molecule has 0 radical (unpaired) electrons. The second-order valence-electron chi connectivity index (χ2n) is 6.16. The molecule has 1 aliphatic carbocycles. The lowest BCUT2D eigenvalue weighted by Crippen LogP contribution is -2.42. The van der Waals surface area contributed by atoms with E-state index >= 15 is 0 Å². The van der Waals surface area contributed by atoms with Gasteiger partial charge in [0, 0.05) is 12.1 Å². The van der Waals surface area contributed by atoms with Crippen LogP contribution in [0.1, 0.15) is 53.4 Å². The third kappa shape index (κ3) is 4.12. The molecule has 0 aliphatic heterocycles. The first-order chi connectivity index (χ1) is 6.93. The second-order valence-corrected chi connectivity index (χ2v) is 6.16. The van der Waals surface area contributed by atoms with Gasteiger partial charge in [-0.1, -0.05) is 20.8 Å². The predicted octanol–water partition coefficient (Wildman–Crippen LogP) is 2.56. The molecule has 2 nitrogen and oxygen atoms in total. The maximum absolute atomic E-state index is 8.98. The van der Waals surface area contributed by atoms with Gasteiger partial charge in [0.05, 0.1) is 6.61 Å². The van der Waals surface area contributed by atoms with Gasteiger partial charge in [-0.2, -0.15) is 0 Å². The highest BCUT2D eigenvalue weighted by atomic mass is 16.3. The van der Waals surface area contributed by atoms with Crippen LogP contribution in [0.25, 0.3) is 0 Å². The van der Waals surface area contributed by atoms with Crippen molar-refractivity contribution in [3.05, 3.63) is 0 Å². The summed E-state index contributed by atoms with van der Waals surface area (Å²) in [6, 6.07) is 0.881. The third-order valence-electron chi connectivity index (χ3n) is 3.75. The molecule has 0 aromatic heterocycles. The molecule has 0 unspecified atom stereocenters. The quantitative estimate of drug-likeness (QED) is 0.755. The summed E-state index contributed by atoms with van der Waals surface area (Å²) < 4.78 is 0. The van der Waals surface area contributed by atoms with E-state index in [2.05, 4.69) is 33.0 Å². The highest BCUT2D eigenvalue weighted by Crippen LogP contribution is 2.37. The van der Waals surface area contributed by atoms with Crippen molar-refractivity contribution >= 4 is 0 Å². The topological polar surface area (TPSA) is 32.3 Å². The van der Waals surface area contributed by atoms with Crippen LogP contribution in [0.3, 0.4) is 0 Å². The number of hydrogen-bond acceptors (Lipinski definition) is 2. The molecule has 15 heavy (non-hydrogen) atoms. The van der Waals surface area contributed by atoms with E-state index in [1.165, 1.54) is 25.7 Å². The van der Waals surface area contributed by atoms with Gasteiger partial charge in [0.15, 0.2) is 0 Å². The van der Waals surface area contributed by atoms with E-state index < -0.39 is 0 Å². The normalized spacial score (nSPS) is 30.2. The minimum Gasteiger partial charge on any atom is -0.395 e. The first-order valence-corrected chi connectivity index (χ1v) is 6.30. The van der Waals surface area contributed by atoms with Gasteiger partial charge in [0.1, 0.15) is 0 Å². The molecule has 0 amide bonds. The molecule has 0 aromatic carbocycles. The summed E-state index contributed by atoms with van der Waals surface area (Å²) in [6.07, 6.45) is 5.21. The van der Waals surface area contributed by atoms with E-state index in [1.807, 2.05) is 0 Å². The summed E-state index contributed by atoms with van der Waals surface area (Å²) >= 11 is 0. The molecule has 0 saturated heterocycles. The van der Waals surface area contributed by atoms with Crippen molar-refractivity contribution in [2.24, 2.45) is 11.3 Å². The summed E-state index contributed by atoms with van der Waals surface area (Å²) in [5.41, 5.74) is 0.466. The summed E-state index contributed by atoms with van der Waals surface area (Å²) in [5.74, 6) is 0.875. The lowest BCUT2D eigenvalue weighted by Gasteiger charge is -2.37. The van der Waals surface area contributed by atoms with Crippen LogP contribution >= 0.6 is 0 Å². The van der Waals surface area contributed by atoms with Crippen LogP contribution in [0.4, 0.5) is 0 Å². The van der Waals surface area contributed by atoms with Crippen molar-refractivity contribution in [1.29, 1.82) is 0 Å². The number of rotatable bonds is 3. The predicted molar refractivity (Wildman–Crippen MR) is 64.9 cm³/mol. The summed E-state index contributed by atoms with van der Waals surface area (Å²) in [5, 5.41) is 12.5. The molecule has 90 valence electrons. The third-order valence-corrected chi connectivity index (χ3v) is 3.75. The molecule has 2 heteroatoms. The Kier molecular flexibility index (Phi) is 4.60. The Balaban J connectivity index is 2.30. The molecule has 0 heterocycles. The SMILES string of the molecule is C[C@@H](CO)NC1CCC(C(C)(C)C)CC1. The molecular weight excluding hydrogens is 186 g/mol. The Labute approximate surface area is 94.5 Å². The van der Waals surface area contributed by atoms with Crippen LogP contribution in [0.15, 0.2) is 0 Å². The molecule has 1 fully saturated rings. The zero-order valence-electron chi connectivity index (χ0n) is 10.7. The first kappa shape index (κ1) is 13.0. The van der Waals surface area contributed by atoms with Crippen LogP contribution in [-0.2, 0) is 0 Å². The monoisotopic (exact) mass is 213 g/mol. The van der Waals surface area contributed by atoms with Gasteiger partial charge in [0.25, 0.3) is 0 Å². The minimum absolute atomic E-state index is 0.249. The molecule has 0 spiro atoms. The molecule has 1 atom stereocenters. The number of aliphatic hydroxyl groups is 1. The van der Waals surface area contributed by atoms with Crippen LogP contribution in [0.5, 0.6) is 0 Å². The Hall–Kier alpha value is -0.0800. The van der Waals surface area contributed by atoms with Gasteiger partial charge in [-0.15, -0.1) is 0 Å². The summed E-state index contributed by atoms with van der Waals surface area (Å²) in [4.78, 5) is 0. The largest absolute Gasteiger partial charge is 0.395 e. The molecule has 0 bridgehead atoms. The highest BCUT2D eigenvalue weighted by molar-refractivity contribution is 4.84. The standard InChI is InChI=1S/C13H27NO/c1-10(9-15)14-12-7-5-11(6-8-12)13(2,3)4/h10-12,14-15H,5-9H2,1-4H3/t10-,11?,12?/m0/s1. The lowest BCUT2D eigenvalue weighted by atomic mass is 9.71. The Morgan fingerprint density at radius 3 is 2.13 bits per heavy atom. The van der Waals surface area contributed by atoms with E-state index in [1.54, 1.807) is 0 Å². The minimum atomic E-state index is 0.249. The van der Waals surface area contributed by atoms with Crippen molar-refractivity contribution < 1.29 is 5.11 Å². The molecule has 1 aliphatic rings. The maximum atomic E-state index is 8.98. The zero-order valence-corrected chi connectivity index (χ0v) is 10.7. The summed E-state index contributed by atoms with van der Waals surface area (Å²) in [7, 11) is 0. The van der Waals surface area contributed by atoms with Crippen LogP contribution in [-0.4, -0.2) is 23.8 Å². The van der Waals surface area contributed by atoms with Gasteiger partial charge >= 0.3 is 0 Å². The second kappa shape index (κ2) is 5.31. The Bertz CT molecular complexity index is 177. The number of hydrogen-bond donors (Lipinski definition) is 2. The first-order valence-electron chi connectivity index (χ1n) is 6.30. The van der Waals surface area contributed by atoms with Crippen LogP contribution in [0.2, 0.25) is 0 Å². The Morgan fingerprint density at radius 2 is 1.73 bits per heavy atom.